The fourth-order valence-corrected chi connectivity index (χ4v) is 3.12. The van der Waals surface area contributed by atoms with E-state index in [1.807, 2.05) is 24.3 Å². The molecular formula is C17H25IN4OS. The molecule has 0 aliphatic rings. The van der Waals surface area contributed by atoms with Gasteiger partial charge in [-0.2, -0.15) is 0 Å². The monoisotopic (exact) mass is 460 g/mol. The minimum atomic E-state index is 0. The number of methoxy groups -OCH3 is 1. The minimum Gasteiger partial charge on any atom is -0.496 e. The average molecular weight is 460 g/mol. The number of guanidine groups is 1. The van der Waals surface area contributed by atoms with Gasteiger partial charge >= 0.3 is 0 Å². The first-order valence-electron chi connectivity index (χ1n) is 7.63. The lowest BCUT2D eigenvalue weighted by Gasteiger charge is -2.13. The van der Waals surface area contributed by atoms with E-state index in [-0.39, 0.29) is 24.0 Å². The van der Waals surface area contributed by atoms with Crippen LogP contribution in [0.1, 0.15) is 21.1 Å². The van der Waals surface area contributed by atoms with Gasteiger partial charge in [-0.1, -0.05) is 18.2 Å². The Balaban J connectivity index is 0.00000288. The van der Waals surface area contributed by atoms with E-state index in [0.29, 0.717) is 6.54 Å². The molecule has 24 heavy (non-hydrogen) atoms. The summed E-state index contributed by atoms with van der Waals surface area (Å²) in [6.07, 6.45) is 0.898. The van der Waals surface area contributed by atoms with Gasteiger partial charge in [0.1, 0.15) is 5.75 Å². The summed E-state index contributed by atoms with van der Waals surface area (Å²) in [5.74, 6) is 1.66. The van der Waals surface area contributed by atoms with E-state index in [0.717, 1.165) is 40.9 Å². The Morgan fingerprint density at radius 1 is 1.25 bits per heavy atom. The van der Waals surface area contributed by atoms with Gasteiger partial charge in [-0.25, -0.2) is 4.98 Å². The van der Waals surface area contributed by atoms with E-state index in [4.69, 9.17) is 4.74 Å². The number of thiazole rings is 1. The number of rotatable bonds is 6. The van der Waals surface area contributed by atoms with Gasteiger partial charge < -0.3 is 15.4 Å². The second-order valence-corrected chi connectivity index (χ2v) is 6.45. The number of para-hydroxylation sites is 1. The minimum absolute atomic E-state index is 0. The molecule has 1 aromatic heterocycles. The van der Waals surface area contributed by atoms with Crippen LogP contribution in [0.15, 0.2) is 29.3 Å². The molecule has 0 aliphatic carbocycles. The zero-order valence-corrected chi connectivity index (χ0v) is 17.7. The first-order chi connectivity index (χ1) is 11.1. The lowest BCUT2D eigenvalue weighted by molar-refractivity contribution is 0.409. The summed E-state index contributed by atoms with van der Waals surface area (Å²) in [6.45, 7) is 5.63. The van der Waals surface area contributed by atoms with Crippen LogP contribution in [0.4, 0.5) is 0 Å². The van der Waals surface area contributed by atoms with Crippen molar-refractivity contribution in [3.8, 4) is 5.75 Å². The molecule has 0 aliphatic heterocycles. The van der Waals surface area contributed by atoms with Crippen molar-refractivity contribution in [1.29, 1.82) is 0 Å². The fraction of sp³-hybridized carbons (Fsp3) is 0.412. The Hall–Kier alpha value is -1.35. The Morgan fingerprint density at radius 2 is 2.00 bits per heavy atom. The van der Waals surface area contributed by atoms with Crippen molar-refractivity contribution in [2.45, 2.75) is 26.8 Å². The number of benzene rings is 1. The van der Waals surface area contributed by atoms with E-state index in [2.05, 4.69) is 34.5 Å². The van der Waals surface area contributed by atoms with Gasteiger partial charge in [0.25, 0.3) is 0 Å². The van der Waals surface area contributed by atoms with Crippen molar-refractivity contribution in [1.82, 2.24) is 15.6 Å². The summed E-state index contributed by atoms with van der Waals surface area (Å²) in [4.78, 5) is 10.1. The van der Waals surface area contributed by atoms with Gasteiger partial charge in [-0.15, -0.1) is 35.3 Å². The highest BCUT2D eigenvalue weighted by Gasteiger charge is 2.05. The van der Waals surface area contributed by atoms with Gasteiger partial charge in [0.05, 0.1) is 17.8 Å². The topological polar surface area (TPSA) is 58.5 Å². The highest BCUT2D eigenvalue weighted by Crippen LogP contribution is 2.17. The van der Waals surface area contributed by atoms with Crippen molar-refractivity contribution < 1.29 is 4.74 Å². The molecule has 132 valence electrons. The van der Waals surface area contributed by atoms with Crippen LogP contribution < -0.4 is 15.4 Å². The molecule has 0 spiro atoms. The molecule has 0 unspecified atom stereocenters. The summed E-state index contributed by atoms with van der Waals surface area (Å²) in [7, 11) is 3.46. The zero-order valence-electron chi connectivity index (χ0n) is 14.5. The second-order valence-electron chi connectivity index (χ2n) is 5.16. The summed E-state index contributed by atoms with van der Waals surface area (Å²) < 4.78 is 5.36. The highest BCUT2D eigenvalue weighted by atomic mass is 127. The number of ether oxygens (including phenoxy) is 1. The van der Waals surface area contributed by atoms with E-state index < -0.39 is 0 Å². The molecule has 1 aromatic carbocycles. The predicted molar refractivity (Wildman–Crippen MR) is 112 cm³/mol. The van der Waals surface area contributed by atoms with Crippen LogP contribution in [0.25, 0.3) is 0 Å². The second kappa shape index (κ2) is 10.5. The molecule has 0 radical (unpaired) electrons. The molecule has 1 heterocycles. The maximum Gasteiger partial charge on any atom is 0.191 e. The largest absolute Gasteiger partial charge is 0.496 e. The van der Waals surface area contributed by atoms with Gasteiger partial charge in [0, 0.05) is 37.0 Å². The number of hydrogen-bond acceptors (Lipinski definition) is 4. The van der Waals surface area contributed by atoms with Crippen LogP contribution in [0.5, 0.6) is 5.75 Å². The third-order valence-electron chi connectivity index (χ3n) is 3.57. The maximum absolute atomic E-state index is 5.36. The van der Waals surface area contributed by atoms with Gasteiger partial charge in [0.15, 0.2) is 5.96 Å². The average Bonchev–Trinajstić information content (AvgIpc) is 2.89. The van der Waals surface area contributed by atoms with Crippen LogP contribution >= 0.6 is 35.3 Å². The van der Waals surface area contributed by atoms with E-state index in [1.165, 1.54) is 4.88 Å². The van der Waals surface area contributed by atoms with E-state index >= 15 is 0 Å². The zero-order chi connectivity index (χ0) is 16.7. The SMILES string of the molecule is CN=C(NCCc1nc(C)c(C)s1)NCc1ccccc1OC.I. The predicted octanol–water partition coefficient (Wildman–Crippen LogP) is 3.29. The molecule has 2 aromatic rings. The molecule has 2 N–H and O–H groups in total. The van der Waals surface area contributed by atoms with Crippen molar-refractivity contribution in [3.05, 3.63) is 45.4 Å². The Labute approximate surface area is 165 Å². The normalized spacial score (nSPS) is 10.9. The van der Waals surface area contributed by atoms with Crippen molar-refractivity contribution in [2.75, 3.05) is 20.7 Å². The summed E-state index contributed by atoms with van der Waals surface area (Å²) in [5, 5.41) is 7.78. The quantitative estimate of drug-likeness (QED) is 0.395. The number of aryl methyl sites for hydroxylation is 2. The van der Waals surface area contributed by atoms with Crippen molar-refractivity contribution in [3.63, 3.8) is 0 Å². The number of aliphatic imine (C=N–C) groups is 1. The fourth-order valence-electron chi connectivity index (χ4n) is 2.18. The van der Waals surface area contributed by atoms with Gasteiger partial charge in [-0.3, -0.25) is 4.99 Å². The summed E-state index contributed by atoms with van der Waals surface area (Å²) in [6, 6.07) is 7.97. The Morgan fingerprint density at radius 3 is 2.62 bits per heavy atom. The third-order valence-corrected chi connectivity index (χ3v) is 4.70. The molecule has 2 rings (SSSR count). The molecule has 0 amide bonds. The van der Waals surface area contributed by atoms with Gasteiger partial charge in [-0.05, 0) is 19.9 Å². The Kier molecular flexibility index (Phi) is 9.05. The maximum atomic E-state index is 5.36. The molecule has 0 saturated carbocycles. The molecule has 0 saturated heterocycles. The first-order valence-corrected chi connectivity index (χ1v) is 8.45. The number of nitrogens with one attached hydrogen (secondary N) is 2. The summed E-state index contributed by atoms with van der Waals surface area (Å²) in [5.41, 5.74) is 2.23. The lowest BCUT2D eigenvalue weighted by atomic mass is 10.2. The highest BCUT2D eigenvalue weighted by molar-refractivity contribution is 14.0. The number of aromatic nitrogens is 1. The lowest BCUT2D eigenvalue weighted by Crippen LogP contribution is -2.37. The van der Waals surface area contributed by atoms with Crippen molar-refractivity contribution in [2.24, 2.45) is 4.99 Å². The van der Waals surface area contributed by atoms with Crippen molar-refractivity contribution >= 4 is 41.3 Å². The number of hydrogen-bond donors (Lipinski definition) is 2. The molecular weight excluding hydrogens is 435 g/mol. The number of halogens is 1. The number of nitrogens with zero attached hydrogens (tertiary/aromatic N) is 2. The van der Waals surface area contributed by atoms with E-state index in [9.17, 15) is 0 Å². The van der Waals surface area contributed by atoms with E-state index in [1.54, 1.807) is 25.5 Å². The molecule has 0 bridgehead atoms. The summed E-state index contributed by atoms with van der Waals surface area (Å²) >= 11 is 1.76. The Bertz CT molecular complexity index is 653. The van der Waals surface area contributed by atoms with Crippen LogP contribution in [0, 0.1) is 13.8 Å². The molecule has 0 fully saturated rings. The standard InChI is InChI=1S/C17H24N4OS.HI/c1-12-13(2)23-16(21-12)9-10-19-17(18-3)20-11-14-7-5-6-8-15(14)22-4;/h5-8H,9-11H2,1-4H3,(H2,18,19,20);1H. The van der Waals surface area contributed by atoms with Crippen LogP contribution in [0.2, 0.25) is 0 Å². The first kappa shape index (κ1) is 20.7. The molecule has 7 heteroatoms. The van der Waals surface area contributed by atoms with Crippen LogP contribution in [-0.2, 0) is 13.0 Å². The smallest absolute Gasteiger partial charge is 0.191 e. The van der Waals surface area contributed by atoms with Crippen LogP contribution in [-0.4, -0.2) is 31.6 Å². The third kappa shape index (κ3) is 5.94. The molecule has 5 nitrogen and oxygen atoms in total. The molecule has 0 atom stereocenters. The van der Waals surface area contributed by atoms with Gasteiger partial charge in [0.2, 0.25) is 0 Å². The van der Waals surface area contributed by atoms with Crippen LogP contribution in [0.3, 0.4) is 0 Å².